The first-order valence-corrected chi connectivity index (χ1v) is 49.3. The highest BCUT2D eigenvalue weighted by atomic mass is 16.3. The molecule has 0 N–H and O–H groups in total. The Hall–Kier alpha value is -21.0. The summed E-state index contributed by atoms with van der Waals surface area (Å²) in [5.41, 5.74) is 45.7. The van der Waals surface area contributed by atoms with Crippen LogP contribution in [0.15, 0.2) is 401 Å². The minimum atomic E-state index is 0.654. The van der Waals surface area contributed by atoms with Gasteiger partial charge in [-0.15, -0.1) is 0 Å². The number of nitrogens with zero attached hydrogens (tertiary/aromatic N) is 21. The molecule has 0 unspecified atom stereocenters. The van der Waals surface area contributed by atoms with E-state index in [1.54, 1.807) is 0 Å². The zero-order valence-corrected chi connectivity index (χ0v) is 78.1. The summed E-state index contributed by atoms with van der Waals surface area (Å²) in [6.45, 7) is 2.09. The first-order chi connectivity index (χ1) is 73.3. The molecule has 0 radical (unpaired) electrons. The van der Waals surface area contributed by atoms with E-state index in [-0.39, 0.29) is 0 Å². The number of imidazole rings is 16. The molecule has 0 atom stereocenters. The number of benzene rings is 19. The van der Waals surface area contributed by atoms with Crippen molar-refractivity contribution in [3.8, 4) is 50.6 Å². The molecule has 38 rings (SSSR count). The Bertz CT molecular complexity index is 12200. The van der Waals surface area contributed by atoms with E-state index >= 15 is 0 Å². The van der Waals surface area contributed by atoms with E-state index in [2.05, 4.69) is 327 Å². The van der Waals surface area contributed by atoms with Crippen LogP contribution < -0.4 is 0 Å². The quantitative estimate of drug-likeness (QED) is 0.161. The molecular formula is C124H67N21O3. The first kappa shape index (κ1) is 77.8. The van der Waals surface area contributed by atoms with Gasteiger partial charge in [-0.3, -0.25) is 35.2 Å². The van der Waals surface area contributed by atoms with E-state index in [9.17, 15) is 5.26 Å². The third-order valence-electron chi connectivity index (χ3n) is 30.9. The minimum Gasteiger partial charge on any atom is -0.456 e. The Morgan fingerprint density at radius 3 is 0.851 bits per heavy atom. The zero-order chi connectivity index (χ0) is 96.2. The van der Waals surface area contributed by atoms with Gasteiger partial charge < -0.3 is 13.3 Å². The maximum absolute atomic E-state index is 9.52. The van der Waals surface area contributed by atoms with E-state index < -0.39 is 0 Å². The van der Waals surface area contributed by atoms with E-state index in [4.69, 9.17) is 53.1 Å². The predicted molar refractivity (Wildman–Crippen MR) is 587 cm³/mol. The van der Waals surface area contributed by atoms with Gasteiger partial charge in [0.25, 0.3) is 0 Å². The molecule has 148 heavy (non-hydrogen) atoms. The Morgan fingerprint density at radius 1 is 0.196 bits per heavy atom. The molecule has 24 heteroatoms. The summed E-state index contributed by atoms with van der Waals surface area (Å²) in [7, 11) is 0. The van der Waals surface area contributed by atoms with Crippen molar-refractivity contribution in [1.29, 1.82) is 5.26 Å². The van der Waals surface area contributed by atoms with Gasteiger partial charge in [-0.2, -0.15) is 5.26 Å². The van der Waals surface area contributed by atoms with Crippen molar-refractivity contribution in [2.45, 2.75) is 6.92 Å². The maximum atomic E-state index is 9.52. The van der Waals surface area contributed by atoms with Gasteiger partial charge in [0.15, 0.2) is 0 Å². The Kier molecular flexibility index (Phi) is 14.7. The Labute approximate surface area is 829 Å². The molecule has 0 fully saturated rings. The summed E-state index contributed by atoms with van der Waals surface area (Å²) in [5.74, 6) is 6.96. The highest BCUT2D eigenvalue weighted by molar-refractivity contribution is 6.18. The van der Waals surface area contributed by atoms with Crippen LogP contribution in [-0.4, -0.2) is 92.7 Å². The molecule has 38 aromatic rings. The second-order valence-electron chi connectivity index (χ2n) is 38.7. The lowest BCUT2D eigenvalue weighted by Gasteiger charge is -2.08. The van der Waals surface area contributed by atoms with Gasteiger partial charge >= 0.3 is 0 Å². The van der Waals surface area contributed by atoms with Crippen molar-refractivity contribution in [3.05, 3.63) is 399 Å². The number of furan rings is 3. The van der Waals surface area contributed by atoms with Gasteiger partial charge in [0.2, 0.25) is 46.2 Å². The zero-order valence-electron chi connectivity index (χ0n) is 78.1. The Morgan fingerprint density at radius 2 is 0.473 bits per heavy atom. The van der Waals surface area contributed by atoms with E-state index in [1.165, 1.54) is 0 Å². The number of aromatic nitrogens is 20. The summed E-state index contributed by atoms with van der Waals surface area (Å²) >= 11 is 0. The normalized spacial score (nSPS) is 12.6. The van der Waals surface area contributed by atoms with Crippen LogP contribution in [0.4, 0.5) is 0 Å². The molecule has 0 aliphatic rings. The fourth-order valence-electron chi connectivity index (χ4n) is 24.6. The van der Waals surface area contributed by atoms with Crippen molar-refractivity contribution in [3.63, 3.8) is 0 Å². The van der Waals surface area contributed by atoms with Crippen LogP contribution in [0.2, 0.25) is 0 Å². The van der Waals surface area contributed by atoms with Crippen LogP contribution in [0.3, 0.4) is 0 Å². The minimum absolute atomic E-state index is 0.654. The van der Waals surface area contributed by atoms with Gasteiger partial charge in [0.05, 0.1) is 144 Å². The molecule has 0 spiro atoms. The summed E-state index contributed by atoms with van der Waals surface area (Å²) < 4.78 is 45.6. The van der Waals surface area contributed by atoms with Crippen LogP contribution >= 0.6 is 0 Å². The molecule has 0 saturated carbocycles. The average Bonchev–Trinajstić information content (AvgIpc) is 1.53. The molecule has 0 aliphatic carbocycles. The topological polar surface area (TPSA) is 219 Å². The molecule has 19 aromatic carbocycles. The fourth-order valence-corrected chi connectivity index (χ4v) is 24.6. The second kappa shape index (κ2) is 28.0. The molecule has 19 heterocycles. The SMILES string of the molecule is Cc1ccc(C#N)cc1-c1cc2c3c(c1)n1c4ccccc4nc1n3c1nc3ccccc3n21.c1ccc2c(c1)nc1n2c2cc(-c3ccc4oc5ccccc5c4c3)cc3c2n1c1nc2ccccc2n31.c1ccc2c(c1)nc1n2c2cc(-c3cccc4c3oc3ccccc34)cc3c2n1c1nc2ccccc2n31.c1ccc2c(c1)nc1n2c2cc(-c3cccc4oc5ccccc5c34)cc3c2n1c1nc2ccccc2n31. The van der Waals surface area contributed by atoms with Gasteiger partial charge in [0, 0.05) is 37.9 Å². The average molecular weight is 1900 g/mol. The summed E-state index contributed by atoms with van der Waals surface area (Å²) in [4.78, 5) is 40.4. The monoisotopic (exact) mass is 1900 g/mol. The molecule has 0 amide bonds. The van der Waals surface area contributed by atoms with Crippen molar-refractivity contribution >= 4 is 267 Å². The number of fused-ring (bicyclic) bond motifs is 49. The lowest BCUT2D eigenvalue weighted by atomic mass is 9.97. The largest absolute Gasteiger partial charge is 0.456 e. The Balaban J connectivity index is 0.0000000830. The van der Waals surface area contributed by atoms with Crippen LogP contribution in [0.5, 0.6) is 0 Å². The lowest BCUT2D eigenvalue weighted by molar-refractivity contribution is 0.668. The third kappa shape index (κ3) is 10.1. The molecule has 0 bridgehead atoms. The van der Waals surface area contributed by atoms with Crippen molar-refractivity contribution in [1.82, 2.24) is 92.7 Å². The molecular weight excluding hydrogens is 1830 g/mol. The molecule has 0 saturated heterocycles. The number of hydrogen-bond donors (Lipinski definition) is 0. The molecule has 0 aliphatic heterocycles. The smallest absolute Gasteiger partial charge is 0.223 e. The number of nitriles is 1. The van der Waals surface area contributed by atoms with Crippen LogP contribution in [0.25, 0.3) is 311 Å². The van der Waals surface area contributed by atoms with E-state index in [0.717, 1.165) is 317 Å². The van der Waals surface area contributed by atoms with E-state index in [0.29, 0.717) is 5.56 Å². The summed E-state index contributed by atoms with van der Waals surface area (Å²) in [6, 6.07) is 137. The number of para-hydroxylation sites is 20. The lowest BCUT2D eigenvalue weighted by Crippen LogP contribution is -1.90. The summed E-state index contributed by atoms with van der Waals surface area (Å²) in [6.07, 6.45) is 0. The standard InChI is InChI=1S/3C32H17N5O.C28H16N6/c1-6-15-28-20(8-1)21-10-7-9-19(30(21)38-28)18-16-26-29-27(17-18)36-25-14-5-3-12-23(25)34-32(36)37(29)31-33-22-11-2-4-13-24(22)35(26)31;1-6-14-27-20(8-1)29-19(9-7-15-28(29)38-27)18-16-25-30-26(17-18)36-24-13-5-3-11-22(24)34-32(36)37(30)31-33-21-10-2-4-12-23(21)35(25)31;1-6-12-28-20(7-1)21-15-18(13-14-29(21)38-28)19-16-26-30-27(17-19)36-25-11-5-3-9-23(25)34-32(36)37(30)31-33-22-8-2-4-10-24(22)35(26)31;1-16-10-11-17(15-29)12-19(16)18-13-24-26-25(14-18)33-23-9-5-3-7-21(23)31-28(33)34(26)27-30-20-6-2-4-8-22(20)32(24)27/h3*1-17H;2-14H,1H3. The molecule has 24 nitrogen and oxygen atoms in total. The number of hydrogen-bond acceptors (Lipinski definition) is 12. The number of aryl methyl sites for hydroxylation is 1. The van der Waals surface area contributed by atoms with Crippen molar-refractivity contribution < 1.29 is 13.3 Å². The summed E-state index contributed by atoms with van der Waals surface area (Å²) in [5, 5.41) is 16.3. The van der Waals surface area contributed by atoms with Crippen LogP contribution in [0, 0.1) is 18.3 Å². The predicted octanol–water partition coefficient (Wildman–Crippen LogP) is 29.1. The maximum Gasteiger partial charge on any atom is 0.223 e. The van der Waals surface area contributed by atoms with Gasteiger partial charge in [0.1, 0.15) is 55.6 Å². The third-order valence-corrected chi connectivity index (χ3v) is 30.9. The van der Waals surface area contributed by atoms with Crippen molar-refractivity contribution in [2.75, 3.05) is 0 Å². The van der Waals surface area contributed by atoms with E-state index in [1.807, 2.05) is 127 Å². The van der Waals surface area contributed by atoms with Gasteiger partial charge in [-0.05, 0) is 246 Å². The van der Waals surface area contributed by atoms with Crippen LogP contribution in [-0.2, 0) is 0 Å². The van der Waals surface area contributed by atoms with Crippen molar-refractivity contribution in [2.24, 2.45) is 0 Å². The fraction of sp³-hybridized carbons (Fsp3) is 0.00806. The number of rotatable bonds is 4. The highest BCUT2D eigenvalue weighted by Crippen LogP contribution is 2.48. The van der Waals surface area contributed by atoms with Gasteiger partial charge in [-0.1, -0.05) is 194 Å². The van der Waals surface area contributed by atoms with Crippen LogP contribution in [0.1, 0.15) is 11.1 Å². The first-order valence-electron chi connectivity index (χ1n) is 49.3. The second-order valence-corrected chi connectivity index (χ2v) is 38.7. The van der Waals surface area contributed by atoms with Gasteiger partial charge in [-0.25, -0.2) is 57.5 Å². The highest BCUT2D eigenvalue weighted by Gasteiger charge is 2.33. The molecule has 19 aromatic heterocycles. The molecule has 686 valence electrons.